The third-order valence-corrected chi connectivity index (χ3v) is 8.87. The van der Waals surface area contributed by atoms with E-state index in [1.54, 1.807) is 0 Å². The first-order chi connectivity index (χ1) is 21.0. The molecule has 3 aromatic carbocycles. The number of amides is 1. The molecule has 6 heteroatoms. The van der Waals surface area contributed by atoms with E-state index in [1.807, 2.05) is 30.3 Å². The Morgan fingerprint density at radius 2 is 1.28 bits per heavy atom. The number of nitrogens with one attached hydrogen (secondary N) is 4. The van der Waals surface area contributed by atoms with Crippen LogP contribution >= 0.6 is 0 Å². The van der Waals surface area contributed by atoms with Gasteiger partial charge in [-0.2, -0.15) is 0 Å². The van der Waals surface area contributed by atoms with Crippen LogP contribution in [0.5, 0.6) is 0 Å². The third kappa shape index (κ3) is 6.38. The molecule has 0 bridgehead atoms. The minimum atomic E-state index is -0.288. The lowest BCUT2D eigenvalue weighted by Gasteiger charge is -2.38. The van der Waals surface area contributed by atoms with E-state index in [9.17, 15) is 4.79 Å². The standard InChI is InChI=1S/C37H41N5O/c1-25-33(21-28-13-6-4-7-14-28)41-37(43)36-19-12-20-42(36)27(3)35(22-29-15-8-5-9-16-29)40-26(2)34(39-25)23-30-24-38-32-18-11-10-17-31(30)32/h4-11,13-18,24,33-36,38-40H,1-3,12,19-23H2,(H,41,43)/t33?,34?,35?,36-/m1/s1. The van der Waals surface area contributed by atoms with Crippen LogP contribution in [0.2, 0.25) is 0 Å². The van der Waals surface area contributed by atoms with Gasteiger partial charge in [-0.05, 0) is 48.4 Å². The highest BCUT2D eigenvalue weighted by Gasteiger charge is 2.36. The van der Waals surface area contributed by atoms with Crippen molar-refractivity contribution in [3.05, 3.63) is 145 Å². The van der Waals surface area contributed by atoms with E-state index in [0.717, 1.165) is 54.0 Å². The van der Waals surface area contributed by atoms with Crippen LogP contribution in [0.3, 0.4) is 0 Å². The lowest BCUT2D eigenvalue weighted by atomic mass is 9.97. The quantitative estimate of drug-likeness (QED) is 0.243. The number of benzene rings is 3. The Bertz CT molecular complexity index is 1610. The number of hydrogen-bond donors (Lipinski definition) is 4. The third-order valence-electron chi connectivity index (χ3n) is 8.87. The molecule has 4 N–H and O–H groups in total. The molecule has 1 amide bonds. The second kappa shape index (κ2) is 12.7. The van der Waals surface area contributed by atoms with Crippen molar-refractivity contribution in [3.8, 4) is 0 Å². The Balaban J connectivity index is 1.36. The number of para-hydroxylation sites is 1. The van der Waals surface area contributed by atoms with Gasteiger partial charge in [0, 0.05) is 47.2 Å². The van der Waals surface area contributed by atoms with Gasteiger partial charge in [0.25, 0.3) is 0 Å². The second-order valence-electron chi connectivity index (χ2n) is 11.8. The molecule has 0 saturated carbocycles. The summed E-state index contributed by atoms with van der Waals surface area (Å²) < 4.78 is 0. The molecule has 0 spiro atoms. The molecule has 1 aromatic heterocycles. The van der Waals surface area contributed by atoms with E-state index in [0.29, 0.717) is 12.8 Å². The van der Waals surface area contributed by atoms with Gasteiger partial charge in [-0.1, -0.05) is 98.6 Å². The van der Waals surface area contributed by atoms with Crippen LogP contribution in [-0.4, -0.2) is 46.5 Å². The highest BCUT2D eigenvalue weighted by Crippen LogP contribution is 2.28. The van der Waals surface area contributed by atoms with Crippen LogP contribution < -0.4 is 16.0 Å². The first-order valence-corrected chi connectivity index (χ1v) is 15.3. The Morgan fingerprint density at radius 3 is 1.98 bits per heavy atom. The smallest absolute Gasteiger partial charge is 0.243 e. The average Bonchev–Trinajstić information content (AvgIpc) is 3.68. The summed E-state index contributed by atoms with van der Waals surface area (Å²) in [7, 11) is 0. The summed E-state index contributed by atoms with van der Waals surface area (Å²) in [5.41, 5.74) is 7.21. The van der Waals surface area contributed by atoms with Crippen molar-refractivity contribution < 1.29 is 4.79 Å². The molecule has 0 radical (unpaired) electrons. The highest BCUT2D eigenvalue weighted by molar-refractivity contribution is 5.84. The summed E-state index contributed by atoms with van der Waals surface area (Å²) >= 11 is 0. The maximum atomic E-state index is 13.9. The summed E-state index contributed by atoms with van der Waals surface area (Å²) in [5.74, 6) is 0.0218. The number of carbonyl (C=O) groups is 1. The van der Waals surface area contributed by atoms with Gasteiger partial charge in [0.2, 0.25) is 5.91 Å². The molecule has 3 heterocycles. The largest absolute Gasteiger partial charge is 0.379 e. The lowest BCUT2D eigenvalue weighted by Crippen LogP contribution is -2.54. The van der Waals surface area contributed by atoms with Crippen LogP contribution in [0.4, 0.5) is 0 Å². The van der Waals surface area contributed by atoms with Gasteiger partial charge in [-0.3, -0.25) is 4.79 Å². The molecule has 2 fully saturated rings. The molecular formula is C37H41N5O. The zero-order valence-electron chi connectivity index (χ0n) is 24.7. The Labute approximate surface area is 254 Å². The zero-order chi connectivity index (χ0) is 29.8. The minimum absolute atomic E-state index is 0.0218. The number of rotatable bonds is 6. The minimum Gasteiger partial charge on any atom is -0.379 e. The monoisotopic (exact) mass is 571 g/mol. The average molecular weight is 572 g/mol. The topological polar surface area (TPSA) is 72.2 Å². The lowest BCUT2D eigenvalue weighted by molar-refractivity contribution is -0.125. The highest BCUT2D eigenvalue weighted by atomic mass is 16.2. The second-order valence-corrected chi connectivity index (χ2v) is 11.8. The summed E-state index contributed by atoms with van der Waals surface area (Å²) in [4.78, 5) is 19.5. The van der Waals surface area contributed by atoms with Crippen molar-refractivity contribution in [1.82, 2.24) is 25.8 Å². The van der Waals surface area contributed by atoms with Gasteiger partial charge >= 0.3 is 0 Å². The maximum absolute atomic E-state index is 13.9. The predicted molar refractivity (Wildman–Crippen MR) is 175 cm³/mol. The molecule has 4 aromatic rings. The fourth-order valence-electron chi connectivity index (χ4n) is 6.49. The molecule has 220 valence electrons. The molecule has 0 aliphatic carbocycles. The van der Waals surface area contributed by atoms with Crippen LogP contribution in [0.25, 0.3) is 10.9 Å². The number of hydrogen-bond acceptors (Lipinski definition) is 4. The van der Waals surface area contributed by atoms with Crippen molar-refractivity contribution >= 4 is 16.8 Å². The number of aromatic nitrogens is 1. The van der Waals surface area contributed by atoms with Crippen LogP contribution in [0, 0.1) is 0 Å². The number of H-pyrrole nitrogens is 1. The SMILES string of the molecule is C=C1NC(Cc2ccccc2)C(=C)N2CCC[C@@H]2C(=O)NC(Cc2ccccc2)C(=C)NC1Cc1c[nH]c2ccccc12. The molecule has 3 unspecified atom stereocenters. The first kappa shape index (κ1) is 28.4. The van der Waals surface area contributed by atoms with Crippen molar-refractivity contribution in [1.29, 1.82) is 0 Å². The van der Waals surface area contributed by atoms with Gasteiger partial charge in [-0.15, -0.1) is 0 Å². The van der Waals surface area contributed by atoms with E-state index in [4.69, 9.17) is 0 Å². The summed E-state index contributed by atoms with van der Waals surface area (Å²) in [6.07, 6.45) is 5.89. The van der Waals surface area contributed by atoms with Crippen LogP contribution in [0.15, 0.2) is 128 Å². The van der Waals surface area contributed by atoms with E-state index in [-0.39, 0.29) is 30.1 Å². The van der Waals surface area contributed by atoms with Gasteiger partial charge in [-0.25, -0.2) is 0 Å². The molecule has 2 aliphatic heterocycles. The van der Waals surface area contributed by atoms with Gasteiger partial charge < -0.3 is 25.8 Å². The fourth-order valence-corrected chi connectivity index (χ4v) is 6.49. The van der Waals surface area contributed by atoms with Gasteiger partial charge in [0.1, 0.15) is 6.04 Å². The Kier molecular flexibility index (Phi) is 8.36. The normalized spacial score (nSPS) is 23.1. The van der Waals surface area contributed by atoms with Crippen LogP contribution in [-0.2, 0) is 24.1 Å². The van der Waals surface area contributed by atoms with Crippen molar-refractivity contribution in [2.75, 3.05) is 6.54 Å². The molecule has 6 rings (SSSR count). The molecule has 43 heavy (non-hydrogen) atoms. The number of nitrogens with zero attached hydrogens (tertiary/aromatic N) is 1. The molecule has 6 nitrogen and oxygen atoms in total. The molecule has 4 atom stereocenters. The van der Waals surface area contributed by atoms with Gasteiger partial charge in [0.15, 0.2) is 0 Å². The number of aromatic amines is 1. The zero-order valence-corrected chi connectivity index (χ0v) is 24.7. The Morgan fingerprint density at radius 1 is 0.698 bits per heavy atom. The first-order valence-electron chi connectivity index (χ1n) is 15.3. The van der Waals surface area contributed by atoms with E-state index < -0.39 is 0 Å². The van der Waals surface area contributed by atoms with E-state index in [2.05, 4.69) is 106 Å². The molecular weight excluding hydrogens is 530 g/mol. The fraction of sp³-hybridized carbons (Fsp3) is 0.270. The van der Waals surface area contributed by atoms with Crippen molar-refractivity contribution in [2.24, 2.45) is 0 Å². The predicted octanol–water partition coefficient (Wildman–Crippen LogP) is 5.62. The summed E-state index contributed by atoms with van der Waals surface area (Å²) in [6, 6.07) is 28.2. The molecule has 2 saturated heterocycles. The van der Waals surface area contributed by atoms with Crippen molar-refractivity contribution in [2.45, 2.75) is 56.3 Å². The number of fused-ring (bicyclic) bond motifs is 2. The van der Waals surface area contributed by atoms with Crippen molar-refractivity contribution in [3.63, 3.8) is 0 Å². The number of carbonyl (C=O) groups excluding carboxylic acids is 1. The summed E-state index contributed by atoms with van der Waals surface area (Å²) in [5, 5.41) is 12.0. The van der Waals surface area contributed by atoms with E-state index >= 15 is 0 Å². The van der Waals surface area contributed by atoms with Gasteiger partial charge in [0.05, 0.1) is 18.1 Å². The maximum Gasteiger partial charge on any atom is 0.243 e. The molecule has 2 aliphatic rings. The Hall–Kier alpha value is -4.71. The van der Waals surface area contributed by atoms with E-state index in [1.165, 1.54) is 16.5 Å². The summed E-state index contributed by atoms with van der Waals surface area (Å²) in [6.45, 7) is 14.4. The van der Waals surface area contributed by atoms with Crippen LogP contribution in [0.1, 0.15) is 29.5 Å².